The van der Waals surface area contributed by atoms with Crippen molar-refractivity contribution >= 4 is 5.97 Å². The first kappa shape index (κ1) is 15.1. The summed E-state index contributed by atoms with van der Waals surface area (Å²) in [6, 6.07) is 0.695. The van der Waals surface area contributed by atoms with Crippen LogP contribution >= 0.6 is 0 Å². The minimum absolute atomic E-state index is 0.0195. The van der Waals surface area contributed by atoms with Crippen LogP contribution in [0.2, 0.25) is 0 Å². The molecular formula is C10H8F5NO3. The zero-order chi connectivity index (χ0) is 14.8. The van der Waals surface area contributed by atoms with Crippen molar-refractivity contribution in [2.75, 3.05) is 0 Å². The number of ether oxygens (including phenoxy) is 1. The Bertz CT molecular complexity index is 487. The molecule has 0 fully saturated rings. The first-order valence-corrected chi connectivity index (χ1v) is 4.86. The third kappa shape index (κ3) is 4.34. The number of carboxylic acids is 1. The van der Waals surface area contributed by atoms with Crippen LogP contribution in [0.25, 0.3) is 0 Å². The van der Waals surface area contributed by atoms with Gasteiger partial charge >= 0.3 is 12.3 Å². The van der Waals surface area contributed by atoms with E-state index in [1.54, 1.807) is 0 Å². The normalized spacial score (nSPS) is 11.7. The summed E-state index contributed by atoms with van der Waals surface area (Å²) in [4.78, 5) is 13.7. The lowest BCUT2D eigenvalue weighted by atomic mass is 10.1. The van der Waals surface area contributed by atoms with Gasteiger partial charge in [-0.1, -0.05) is 0 Å². The Morgan fingerprint density at radius 1 is 1.47 bits per heavy atom. The van der Waals surface area contributed by atoms with Crippen LogP contribution in [-0.2, 0) is 11.2 Å². The molecule has 0 aliphatic carbocycles. The van der Waals surface area contributed by atoms with Gasteiger partial charge in [0.1, 0.15) is 5.69 Å². The van der Waals surface area contributed by atoms with Crippen LogP contribution < -0.4 is 4.74 Å². The van der Waals surface area contributed by atoms with E-state index in [4.69, 9.17) is 5.11 Å². The molecule has 0 atom stereocenters. The SMILES string of the molecule is Cc1cc(OC(F)(F)F)c(C(F)F)nc1CC(=O)O. The van der Waals surface area contributed by atoms with E-state index in [1.807, 2.05) is 0 Å². The van der Waals surface area contributed by atoms with Crippen molar-refractivity contribution in [1.82, 2.24) is 4.98 Å². The predicted octanol–water partition coefficient (Wildman–Crippen LogP) is 2.85. The van der Waals surface area contributed by atoms with Crippen molar-refractivity contribution in [1.29, 1.82) is 0 Å². The number of alkyl halides is 5. The highest BCUT2D eigenvalue weighted by molar-refractivity contribution is 5.70. The number of hydrogen-bond acceptors (Lipinski definition) is 3. The zero-order valence-corrected chi connectivity index (χ0v) is 9.46. The number of hydrogen-bond donors (Lipinski definition) is 1. The summed E-state index contributed by atoms with van der Waals surface area (Å²) >= 11 is 0. The number of aryl methyl sites for hydroxylation is 1. The summed E-state index contributed by atoms with van der Waals surface area (Å²) in [6.45, 7) is 1.25. The minimum atomic E-state index is -5.13. The van der Waals surface area contributed by atoms with Gasteiger partial charge in [-0.05, 0) is 18.6 Å². The second-order valence-electron chi connectivity index (χ2n) is 3.55. The molecule has 19 heavy (non-hydrogen) atoms. The van der Waals surface area contributed by atoms with Gasteiger partial charge in [0.2, 0.25) is 0 Å². The number of aromatic nitrogens is 1. The lowest BCUT2D eigenvalue weighted by Crippen LogP contribution is -2.19. The predicted molar refractivity (Wildman–Crippen MR) is 52.0 cm³/mol. The lowest BCUT2D eigenvalue weighted by molar-refractivity contribution is -0.275. The molecule has 0 unspecified atom stereocenters. The van der Waals surface area contributed by atoms with Crippen molar-refractivity contribution in [3.8, 4) is 5.75 Å². The second-order valence-corrected chi connectivity index (χ2v) is 3.55. The van der Waals surface area contributed by atoms with Crippen molar-refractivity contribution in [2.45, 2.75) is 26.1 Å². The average molecular weight is 285 g/mol. The Labute approximate surface area is 103 Å². The maximum atomic E-state index is 12.6. The maximum absolute atomic E-state index is 12.6. The first-order valence-electron chi connectivity index (χ1n) is 4.86. The third-order valence-corrected chi connectivity index (χ3v) is 2.06. The molecule has 1 aromatic heterocycles. The molecule has 0 aromatic carbocycles. The summed E-state index contributed by atoms with van der Waals surface area (Å²) in [5.74, 6) is -2.46. The van der Waals surface area contributed by atoms with E-state index in [9.17, 15) is 26.7 Å². The highest BCUT2D eigenvalue weighted by Gasteiger charge is 2.34. The Balaban J connectivity index is 3.25. The Hall–Kier alpha value is -1.93. The third-order valence-electron chi connectivity index (χ3n) is 2.06. The molecule has 0 radical (unpaired) electrons. The molecule has 0 saturated heterocycles. The van der Waals surface area contributed by atoms with Crippen LogP contribution in [0.3, 0.4) is 0 Å². The van der Waals surface area contributed by atoms with Crippen molar-refractivity contribution in [3.05, 3.63) is 23.0 Å². The van der Waals surface area contributed by atoms with Crippen LogP contribution in [0.1, 0.15) is 23.4 Å². The monoisotopic (exact) mass is 285 g/mol. The van der Waals surface area contributed by atoms with Gasteiger partial charge in [-0.25, -0.2) is 13.8 Å². The molecule has 1 rings (SSSR count). The molecule has 1 aromatic rings. The summed E-state index contributed by atoms with van der Waals surface area (Å²) in [5.41, 5.74) is -1.46. The number of halogens is 5. The van der Waals surface area contributed by atoms with E-state index >= 15 is 0 Å². The van der Waals surface area contributed by atoms with E-state index in [2.05, 4.69) is 9.72 Å². The molecule has 9 heteroatoms. The second kappa shape index (κ2) is 5.37. The topological polar surface area (TPSA) is 59.4 Å². The van der Waals surface area contributed by atoms with Crippen molar-refractivity contribution in [3.63, 3.8) is 0 Å². The maximum Gasteiger partial charge on any atom is 0.573 e. The molecular weight excluding hydrogens is 277 g/mol. The summed E-state index contributed by atoms with van der Waals surface area (Å²) in [7, 11) is 0. The summed E-state index contributed by atoms with van der Waals surface area (Å²) < 4.78 is 64.7. The Kier molecular flexibility index (Phi) is 4.28. The van der Waals surface area contributed by atoms with Crippen LogP contribution in [0.5, 0.6) is 5.75 Å². The van der Waals surface area contributed by atoms with Gasteiger partial charge in [-0.2, -0.15) is 0 Å². The molecule has 0 bridgehead atoms. The molecule has 0 saturated carbocycles. The van der Waals surface area contributed by atoms with Gasteiger partial charge in [0.15, 0.2) is 5.75 Å². The standard InChI is InChI=1S/C10H8F5NO3/c1-4-2-6(19-10(13,14)15)8(9(11)12)16-5(4)3-7(17)18/h2,9H,3H2,1H3,(H,17,18). The number of nitrogens with zero attached hydrogens (tertiary/aromatic N) is 1. The number of aliphatic carboxylic acids is 1. The summed E-state index contributed by atoms with van der Waals surface area (Å²) in [6.07, 6.45) is -9.12. The smallest absolute Gasteiger partial charge is 0.481 e. The van der Waals surface area contributed by atoms with Crippen LogP contribution in [0, 0.1) is 6.92 Å². The van der Waals surface area contributed by atoms with Gasteiger partial charge in [-0.15, -0.1) is 13.2 Å². The fraction of sp³-hybridized carbons (Fsp3) is 0.400. The quantitative estimate of drug-likeness (QED) is 0.864. The number of rotatable bonds is 4. The van der Waals surface area contributed by atoms with Gasteiger partial charge in [0.25, 0.3) is 6.43 Å². The van der Waals surface area contributed by atoms with E-state index in [-0.39, 0.29) is 11.3 Å². The molecule has 106 valence electrons. The number of carboxylic acid groups (broad SMARTS) is 1. The fourth-order valence-corrected chi connectivity index (χ4v) is 1.33. The van der Waals surface area contributed by atoms with Crippen molar-refractivity contribution in [2.24, 2.45) is 0 Å². The Morgan fingerprint density at radius 3 is 2.47 bits per heavy atom. The molecule has 4 nitrogen and oxygen atoms in total. The molecule has 0 aliphatic heterocycles. The average Bonchev–Trinajstić information content (AvgIpc) is 2.18. The Morgan fingerprint density at radius 2 is 2.05 bits per heavy atom. The van der Waals surface area contributed by atoms with Gasteiger partial charge < -0.3 is 9.84 Å². The fourth-order valence-electron chi connectivity index (χ4n) is 1.33. The molecule has 1 heterocycles. The van der Waals surface area contributed by atoms with Crippen LogP contribution in [0.15, 0.2) is 6.07 Å². The summed E-state index contributed by atoms with van der Waals surface area (Å²) in [5, 5.41) is 8.54. The molecule has 0 amide bonds. The number of carbonyl (C=O) groups is 1. The van der Waals surface area contributed by atoms with Gasteiger partial charge in [-0.3, -0.25) is 4.79 Å². The van der Waals surface area contributed by atoms with Crippen molar-refractivity contribution < 1.29 is 36.6 Å². The molecule has 0 aliphatic rings. The van der Waals surface area contributed by atoms with Crippen LogP contribution in [-0.4, -0.2) is 22.4 Å². The largest absolute Gasteiger partial charge is 0.573 e. The lowest BCUT2D eigenvalue weighted by Gasteiger charge is -2.14. The van der Waals surface area contributed by atoms with E-state index in [0.717, 1.165) is 0 Å². The first-order chi connectivity index (χ1) is 8.60. The van der Waals surface area contributed by atoms with E-state index < -0.39 is 36.6 Å². The van der Waals surface area contributed by atoms with E-state index in [0.29, 0.717) is 6.07 Å². The molecule has 1 N–H and O–H groups in total. The highest BCUT2D eigenvalue weighted by Crippen LogP contribution is 2.33. The number of pyridine rings is 1. The zero-order valence-electron chi connectivity index (χ0n) is 9.46. The molecule has 0 spiro atoms. The van der Waals surface area contributed by atoms with E-state index in [1.165, 1.54) is 6.92 Å². The van der Waals surface area contributed by atoms with Gasteiger partial charge in [0, 0.05) is 0 Å². The highest BCUT2D eigenvalue weighted by atomic mass is 19.4. The van der Waals surface area contributed by atoms with Crippen LogP contribution in [0.4, 0.5) is 22.0 Å². The van der Waals surface area contributed by atoms with Gasteiger partial charge in [0.05, 0.1) is 12.1 Å². The minimum Gasteiger partial charge on any atom is -0.481 e.